The number of ether oxygens (including phenoxy) is 2. The van der Waals surface area contributed by atoms with Crippen LogP contribution in [-0.2, 0) is 6.61 Å². The van der Waals surface area contributed by atoms with Crippen LogP contribution in [-0.4, -0.2) is 55.5 Å². The molecule has 0 spiro atoms. The molecule has 6 rings (SSSR count). The van der Waals surface area contributed by atoms with Gasteiger partial charge in [-0.2, -0.15) is 9.49 Å². The van der Waals surface area contributed by atoms with Gasteiger partial charge in [-0.05, 0) is 73.6 Å². The van der Waals surface area contributed by atoms with E-state index in [9.17, 15) is 18.0 Å². The van der Waals surface area contributed by atoms with Crippen LogP contribution in [0.25, 0.3) is 10.9 Å². The highest BCUT2D eigenvalue weighted by molar-refractivity contribution is 5.94. The average Bonchev–Trinajstić information content (AvgIpc) is 3.50. The third kappa shape index (κ3) is 6.47. The van der Waals surface area contributed by atoms with Crippen molar-refractivity contribution in [3.05, 3.63) is 83.3 Å². The van der Waals surface area contributed by atoms with E-state index in [1.54, 1.807) is 24.3 Å². The number of rotatable bonds is 9. The van der Waals surface area contributed by atoms with Gasteiger partial charge in [-0.15, -0.1) is 0 Å². The van der Waals surface area contributed by atoms with Crippen molar-refractivity contribution in [2.45, 2.75) is 38.3 Å². The van der Waals surface area contributed by atoms with E-state index in [1.807, 2.05) is 0 Å². The summed E-state index contributed by atoms with van der Waals surface area (Å²) in [5.41, 5.74) is 2.10. The molecule has 2 fully saturated rings. The van der Waals surface area contributed by atoms with Gasteiger partial charge in [0.2, 0.25) is 5.82 Å². The van der Waals surface area contributed by atoms with Gasteiger partial charge in [0.15, 0.2) is 17.4 Å². The van der Waals surface area contributed by atoms with Gasteiger partial charge in [-0.3, -0.25) is 9.48 Å². The summed E-state index contributed by atoms with van der Waals surface area (Å²) < 4.78 is 56.6. The van der Waals surface area contributed by atoms with Gasteiger partial charge in [-0.1, -0.05) is 12.1 Å². The molecule has 11 heteroatoms. The number of hydrogen-bond acceptors (Lipinski definition) is 6. The predicted molar refractivity (Wildman–Crippen MR) is 162 cm³/mol. The molecule has 3 aromatic carbocycles. The van der Waals surface area contributed by atoms with Gasteiger partial charge in [0.05, 0.1) is 24.2 Å². The summed E-state index contributed by atoms with van der Waals surface area (Å²) >= 11 is 0. The molecule has 0 unspecified atom stereocenters. The molecular formula is C33H36F3N5O3. The van der Waals surface area contributed by atoms with E-state index in [2.05, 4.69) is 44.6 Å². The highest BCUT2D eigenvalue weighted by Gasteiger charge is 2.27. The Bertz CT molecular complexity index is 1610. The molecule has 2 heterocycles. The Balaban J connectivity index is 1.02. The first kappa shape index (κ1) is 29.8. The normalized spacial score (nSPS) is 18.8. The Kier molecular flexibility index (Phi) is 8.92. The summed E-state index contributed by atoms with van der Waals surface area (Å²) in [5, 5.41) is 12.0. The van der Waals surface area contributed by atoms with Gasteiger partial charge in [0, 0.05) is 50.0 Å². The zero-order chi connectivity index (χ0) is 30.6. The monoisotopic (exact) mass is 607 g/mol. The molecule has 1 aliphatic heterocycles. The Labute approximate surface area is 254 Å². The third-order valence-electron chi connectivity index (χ3n) is 8.64. The third-order valence-corrected chi connectivity index (χ3v) is 8.64. The molecule has 1 saturated carbocycles. The number of halogens is 3. The Morgan fingerprint density at radius 2 is 1.75 bits per heavy atom. The lowest BCUT2D eigenvalue weighted by atomic mass is 9.86. The molecule has 4 aromatic rings. The number of amides is 1. The number of piperazine rings is 1. The Hall–Kier alpha value is -4.25. The van der Waals surface area contributed by atoms with Gasteiger partial charge >= 0.3 is 0 Å². The second kappa shape index (κ2) is 13.2. The van der Waals surface area contributed by atoms with Gasteiger partial charge in [-0.25, -0.2) is 8.78 Å². The van der Waals surface area contributed by atoms with Crippen LogP contribution in [0.3, 0.4) is 0 Å². The van der Waals surface area contributed by atoms with Crippen molar-refractivity contribution in [2.75, 3.05) is 44.7 Å². The number of hydrogen-bond donors (Lipinski definition) is 2. The van der Waals surface area contributed by atoms with E-state index in [1.165, 1.54) is 12.8 Å². The van der Waals surface area contributed by atoms with Crippen molar-refractivity contribution >= 4 is 22.5 Å². The minimum Gasteiger partial charge on any atom is -0.497 e. The molecule has 1 aromatic heterocycles. The minimum absolute atomic E-state index is 0.171. The fourth-order valence-corrected chi connectivity index (χ4v) is 6.03. The SMILES string of the molecule is COc1ccc(COc2c(F)cc(C(=O)NCC3CCC(n4cc5ccc(N6CCNCC6)cc5n4)CC3)c(F)c2F)cc1. The van der Waals surface area contributed by atoms with E-state index in [0.717, 1.165) is 62.8 Å². The quantitative estimate of drug-likeness (QED) is 0.241. The summed E-state index contributed by atoms with van der Waals surface area (Å²) in [4.78, 5) is 15.1. The van der Waals surface area contributed by atoms with E-state index in [0.29, 0.717) is 23.9 Å². The molecule has 0 radical (unpaired) electrons. The van der Waals surface area contributed by atoms with Crippen LogP contribution >= 0.6 is 0 Å². The standard InChI is InChI=1S/C33H36F3N5O3/c1-43-26-10-4-22(5-11-26)20-44-32-28(34)17-27(30(35)31(32)36)33(42)38-18-21-2-7-24(8-3-21)41-19-23-6-9-25(16-29(23)39-41)40-14-12-37-13-15-40/h4-6,9-11,16-17,19,21,24,37H,2-3,7-8,12-15,18,20H2,1H3,(H,38,42). The highest BCUT2D eigenvalue weighted by Crippen LogP contribution is 2.33. The summed E-state index contributed by atoms with van der Waals surface area (Å²) in [6.07, 6.45) is 5.56. The maximum atomic E-state index is 14.8. The van der Waals surface area contributed by atoms with E-state index in [-0.39, 0.29) is 18.6 Å². The smallest absolute Gasteiger partial charge is 0.254 e. The molecular weight excluding hydrogens is 571 g/mol. The molecule has 1 saturated heterocycles. The van der Waals surface area contributed by atoms with Crippen LogP contribution in [0.2, 0.25) is 0 Å². The van der Waals surface area contributed by atoms with Crippen molar-refractivity contribution in [3.63, 3.8) is 0 Å². The number of benzene rings is 3. The van der Waals surface area contributed by atoms with Crippen LogP contribution < -0.4 is 25.0 Å². The fourth-order valence-electron chi connectivity index (χ4n) is 6.03. The van der Waals surface area contributed by atoms with Gasteiger partial charge in [0.1, 0.15) is 12.4 Å². The molecule has 2 N–H and O–H groups in total. The molecule has 0 bridgehead atoms. The number of nitrogens with zero attached hydrogens (tertiary/aromatic N) is 3. The first-order valence-corrected chi connectivity index (χ1v) is 15.1. The zero-order valence-corrected chi connectivity index (χ0v) is 24.6. The molecule has 1 aliphatic carbocycles. The number of anilines is 1. The highest BCUT2D eigenvalue weighted by atomic mass is 19.2. The van der Waals surface area contributed by atoms with Crippen LogP contribution in [0.5, 0.6) is 11.5 Å². The van der Waals surface area contributed by atoms with Crippen LogP contribution in [0.1, 0.15) is 47.6 Å². The number of methoxy groups -OCH3 is 1. The number of carbonyl (C=O) groups is 1. The maximum Gasteiger partial charge on any atom is 0.254 e. The van der Waals surface area contributed by atoms with E-state index >= 15 is 0 Å². The molecule has 44 heavy (non-hydrogen) atoms. The lowest BCUT2D eigenvalue weighted by Crippen LogP contribution is -2.43. The Morgan fingerprint density at radius 3 is 2.48 bits per heavy atom. The fraction of sp³-hybridized carbons (Fsp3) is 0.394. The van der Waals surface area contributed by atoms with Gasteiger partial charge in [0.25, 0.3) is 5.91 Å². The van der Waals surface area contributed by atoms with Crippen LogP contribution in [0, 0.1) is 23.4 Å². The summed E-state index contributed by atoms with van der Waals surface area (Å²) in [6.45, 7) is 4.03. The summed E-state index contributed by atoms with van der Waals surface area (Å²) in [7, 11) is 1.52. The molecule has 1 amide bonds. The number of nitrogens with one attached hydrogen (secondary N) is 2. The number of aromatic nitrogens is 2. The number of fused-ring (bicyclic) bond motifs is 1. The predicted octanol–water partition coefficient (Wildman–Crippen LogP) is 5.61. The number of carbonyl (C=O) groups excluding carboxylic acids is 1. The molecule has 0 atom stereocenters. The largest absolute Gasteiger partial charge is 0.497 e. The first-order valence-electron chi connectivity index (χ1n) is 15.1. The Morgan fingerprint density at radius 1 is 1.00 bits per heavy atom. The molecule has 2 aliphatic rings. The lowest BCUT2D eigenvalue weighted by molar-refractivity contribution is 0.0935. The van der Waals surface area contributed by atoms with Crippen molar-refractivity contribution in [1.29, 1.82) is 0 Å². The van der Waals surface area contributed by atoms with Crippen molar-refractivity contribution in [2.24, 2.45) is 5.92 Å². The summed E-state index contributed by atoms with van der Waals surface area (Å²) in [6, 6.07) is 14.1. The lowest BCUT2D eigenvalue weighted by Gasteiger charge is -2.29. The second-order valence-electron chi connectivity index (χ2n) is 11.5. The van der Waals surface area contributed by atoms with Crippen molar-refractivity contribution in [1.82, 2.24) is 20.4 Å². The van der Waals surface area contributed by atoms with Crippen LogP contribution in [0.4, 0.5) is 18.9 Å². The first-order chi connectivity index (χ1) is 21.4. The summed E-state index contributed by atoms with van der Waals surface area (Å²) in [5.74, 6) is -5.05. The second-order valence-corrected chi connectivity index (χ2v) is 11.5. The maximum absolute atomic E-state index is 14.8. The molecule has 232 valence electrons. The van der Waals surface area contributed by atoms with Crippen molar-refractivity contribution in [3.8, 4) is 11.5 Å². The van der Waals surface area contributed by atoms with E-state index in [4.69, 9.17) is 14.6 Å². The minimum atomic E-state index is -1.53. The van der Waals surface area contributed by atoms with Crippen molar-refractivity contribution < 1.29 is 27.4 Å². The zero-order valence-electron chi connectivity index (χ0n) is 24.6. The topological polar surface area (TPSA) is 80.7 Å². The van der Waals surface area contributed by atoms with Crippen LogP contribution in [0.15, 0.2) is 54.7 Å². The van der Waals surface area contributed by atoms with E-state index < -0.39 is 34.7 Å². The average molecular weight is 608 g/mol. The molecule has 8 nitrogen and oxygen atoms in total. The van der Waals surface area contributed by atoms with Gasteiger partial charge < -0.3 is 25.0 Å².